The van der Waals surface area contributed by atoms with E-state index in [-0.39, 0.29) is 49.0 Å². The van der Waals surface area contributed by atoms with Crippen molar-refractivity contribution in [3.8, 4) is 28.4 Å². The number of carbonyl (C=O) groups excluding carboxylic acids is 5. The number of halogens is 4. The second-order valence-corrected chi connectivity index (χ2v) is 15.7. The van der Waals surface area contributed by atoms with E-state index in [2.05, 4.69) is 20.9 Å². The number of aromatic amines is 1. The van der Waals surface area contributed by atoms with Crippen LogP contribution < -0.4 is 16.0 Å². The number of ketones is 2. The van der Waals surface area contributed by atoms with Crippen LogP contribution in [0.25, 0.3) is 22.0 Å². The number of rotatable bonds is 5. The quantitative estimate of drug-likeness (QED) is 0.0552. The van der Waals surface area contributed by atoms with Gasteiger partial charge in [-0.25, -0.2) is 0 Å². The van der Waals surface area contributed by atoms with Crippen molar-refractivity contribution in [3.05, 3.63) is 109 Å². The minimum absolute atomic E-state index is 0.0466. The second-order valence-electron chi connectivity index (χ2n) is 14.0. The molecule has 0 radical (unpaired) electrons. The third kappa shape index (κ3) is 8.08. The van der Waals surface area contributed by atoms with Crippen molar-refractivity contribution in [3.63, 3.8) is 0 Å². The van der Waals surface area contributed by atoms with E-state index in [4.69, 9.17) is 46.4 Å². The van der Waals surface area contributed by atoms with E-state index in [1.807, 2.05) is 0 Å². The molecule has 12 nitrogen and oxygen atoms in total. The molecule has 6 bridgehead atoms. The Morgan fingerprint density at radius 3 is 2.00 bits per heavy atom. The lowest BCUT2D eigenvalue weighted by Crippen LogP contribution is -2.51. The van der Waals surface area contributed by atoms with Crippen molar-refractivity contribution in [1.29, 1.82) is 0 Å². The molecule has 5 aromatic rings. The molecule has 2 aliphatic heterocycles. The van der Waals surface area contributed by atoms with Gasteiger partial charge in [-0.3, -0.25) is 24.0 Å². The predicted molar refractivity (Wildman–Crippen MR) is 208 cm³/mol. The lowest BCUT2D eigenvalue weighted by atomic mass is 9.88. The average Bonchev–Trinajstić information content (AvgIpc) is 3.52. The van der Waals surface area contributed by atoms with Crippen LogP contribution in [0.4, 0.5) is 0 Å². The molecule has 3 amide bonds. The molecule has 0 spiro atoms. The third-order valence-corrected chi connectivity index (χ3v) is 10.1. The number of Topliss-reactive ketones (excluding diaryl/α,β-unsaturated/α-hetero) is 2. The fraction of sp³-hybridized carbons (Fsp3) is 0.205. The molecule has 0 saturated carbocycles. The van der Waals surface area contributed by atoms with E-state index >= 15 is 0 Å². The van der Waals surface area contributed by atoms with Crippen molar-refractivity contribution in [2.45, 2.75) is 44.8 Å². The van der Waals surface area contributed by atoms with Crippen LogP contribution in [-0.4, -0.2) is 55.1 Å². The van der Waals surface area contributed by atoms with E-state index in [9.17, 15) is 39.3 Å². The van der Waals surface area contributed by atoms with E-state index in [1.54, 1.807) is 51.2 Å². The van der Waals surface area contributed by atoms with Gasteiger partial charge in [-0.15, -0.1) is 0 Å². The van der Waals surface area contributed by atoms with Crippen molar-refractivity contribution in [1.82, 2.24) is 20.9 Å². The van der Waals surface area contributed by atoms with Gasteiger partial charge in [0.1, 0.15) is 23.8 Å². The Balaban J connectivity index is 1.55. The second kappa shape index (κ2) is 15.1. The van der Waals surface area contributed by atoms with Crippen LogP contribution in [0.1, 0.15) is 59.9 Å². The number of aromatic hydroxyl groups is 3. The van der Waals surface area contributed by atoms with Crippen LogP contribution in [-0.2, 0) is 25.6 Å². The Kier molecular flexibility index (Phi) is 10.8. The molecule has 4 aromatic carbocycles. The van der Waals surface area contributed by atoms with Gasteiger partial charge in [-0.2, -0.15) is 0 Å². The first-order valence-electron chi connectivity index (χ1n) is 16.6. The smallest absolute Gasteiger partial charge is 0.248 e. The van der Waals surface area contributed by atoms with Gasteiger partial charge in [0.2, 0.25) is 29.3 Å². The summed E-state index contributed by atoms with van der Waals surface area (Å²) < 4.78 is 0. The molecule has 3 heterocycles. The Labute approximate surface area is 333 Å². The van der Waals surface area contributed by atoms with Gasteiger partial charge in [-0.05, 0) is 91.9 Å². The maximum absolute atomic E-state index is 14.4. The van der Waals surface area contributed by atoms with Gasteiger partial charge in [-0.1, -0.05) is 64.6 Å². The Hall–Kier alpha value is -5.27. The first-order valence-corrected chi connectivity index (χ1v) is 18.1. The minimum atomic E-state index is -1.78. The summed E-state index contributed by atoms with van der Waals surface area (Å²) in [6, 6.07) is 10.8. The largest absolute Gasteiger partial charge is 0.507 e. The van der Waals surface area contributed by atoms with Gasteiger partial charge in [0.15, 0.2) is 11.5 Å². The highest BCUT2D eigenvalue weighted by atomic mass is 35.5. The SMILES string of the molecule is CC(C)(C)NC(=O)[C@@H]1NC(=O)[C@@H](c2cc(Cl)c(O)c(Cl)c2)NC(=O)[C@@H](C(=O)C(=O)c2cc(Cl)c(O)c(Cl)c2)Cc2c[nH]c3cc(ccc23)-c2cc1ccc2O. The molecule has 0 fully saturated rings. The number of carbonyl (C=O) groups is 5. The lowest BCUT2D eigenvalue weighted by Gasteiger charge is -2.28. The lowest BCUT2D eigenvalue weighted by molar-refractivity contribution is -0.136. The number of fused-ring (bicyclic) bond motifs is 8. The van der Waals surface area contributed by atoms with Crippen molar-refractivity contribution in [2.75, 3.05) is 0 Å². The zero-order chi connectivity index (χ0) is 40.1. The number of phenols is 3. The topological polar surface area (TPSA) is 198 Å². The van der Waals surface area contributed by atoms with Crippen LogP contribution in [0.2, 0.25) is 20.1 Å². The number of nitrogens with one attached hydrogen (secondary N) is 4. The Bertz CT molecular complexity index is 2390. The molecule has 3 atom stereocenters. The van der Waals surface area contributed by atoms with Crippen LogP contribution in [0, 0.1) is 5.92 Å². The molecule has 16 heteroatoms. The number of H-pyrrole nitrogens is 1. The summed E-state index contributed by atoms with van der Waals surface area (Å²) in [5.41, 5.74) is 1.02. The molecule has 55 heavy (non-hydrogen) atoms. The summed E-state index contributed by atoms with van der Waals surface area (Å²) in [5, 5.41) is 38.8. The van der Waals surface area contributed by atoms with Gasteiger partial charge in [0.05, 0.1) is 20.1 Å². The van der Waals surface area contributed by atoms with Crippen molar-refractivity contribution >= 4 is 86.6 Å². The average molecular weight is 827 g/mol. The number of phenolic OH excluding ortho intramolecular Hbond substituents is 3. The van der Waals surface area contributed by atoms with E-state index in [1.165, 1.54) is 24.3 Å². The summed E-state index contributed by atoms with van der Waals surface area (Å²) in [5.74, 6) is -7.95. The van der Waals surface area contributed by atoms with Crippen molar-refractivity contribution < 1.29 is 39.3 Å². The maximum atomic E-state index is 14.4. The summed E-state index contributed by atoms with van der Waals surface area (Å²) >= 11 is 24.6. The molecule has 284 valence electrons. The van der Waals surface area contributed by atoms with Crippen LogP contribution in [0.15, 0.2) is 66.9 Å². The number of hydrogen-bond acceptors (Lipinski definition) is 8. The summed E-state index contributed by atoms with van der Waals surface area (Å²) in [4.78, 5) is 73.7. The summed E-state index contributed by atoms with van der Waals surface area (Å²) in [6.45, 7) is 5.23. The highest BCUT2D eigenvalue weighted by Gasteiger charge is 2.38. The number of hydrogen-bond donors (Lipinski definition) is 7. The zero-order valence-corrected chi connectivity index (χ0v) is 32.2. The summed E-state index contributed by atoms with van der Waals surface area (Å²) in [6.07, 6.45) is 1.21. The Morgan fingerprint density at radius 2 is 1.38 bits per heavy atom. The van der Waals surface area contributed by atoms with Crippen LogP contribution in [0.5, 0.6) is 17.2 Å². The molecule has 1 aromatic heterocycles. The summed E-state index contributed by atoms with van der Waals surface area (Å²) in [7, 11) is 0. The molecule has 0 saturated heterocycles. The van der Waals surface area contributed by atoms with E-state index in [0.29, 0.717) is 27.6 Å². The minimum Gasteiger partial charge on any atom is -0.507 e. The normalized spacial score (nSPS) is 17.5. The van der Waals surface area contributed by atoms with Gasteiger partial charge < -0.3 is 36.3 Å². The Morgan fingerprint density at radius 1 is 0.764 bits per heavy atom. The fourth-order valence-electron chi connectivity index (χ4n) is 6.27. The number of benzene rings is 4. The van der Waals surface area contributed by atoms with Gasteiger partial charge in [0, 0.05) is 33.8 Å². The van der Waals surface area contributed by atoms with Crippen LogP contribution in [0.3, 0.4) is 0 Å². The third-order valence-electron chi connectivity index (χ3n) is 8.96. The molecular weight excluding hydrogens is 794 g/mol. The standard InChI is InChI=1S/C39H32Cl4N4O8/c1-39(2,3)47-38(55)30-17-5-7-29(48)22(8-17)16-4-6-21-20(15-44-28(21)14-16)9-23(33(50)32(49)19-12-26(42)35(52)27(43)13-19)36(53)45-31(37(54)46-30)18-10-24(40)34(51)25(41)11-18/h4-8,10-15,23,30-31,44,48,51-52H,9H2,1-3H3,(H,45,53)(H,46,54)(H,47,55)/t23-,30-,31-/m1/s1. The number of aromatic nitrogens is 1. The zero-order valence-electron chi connectivity index (χ0n) is 29.2. The number of amides is 3. The molecule has 0 unspecified atom stereocenters. The predicted octanol–water partition coefficient (Wildman–Crippen LogP) is 7.12. The van der Waals surface area contributed by atoms with Crippen LogP contribution >= 0.6 is 46.4 Å². The maximum Gasteiger partial charge on any atom is 0.248 e. The molecule has 0 aliphatic carbocycles. The highest BCUT2D eigenvalue weighted by molar-refractivity contribution is 6.48. The monoisotopic (exact) mass is 824 g/mol. The molecular formula is C39H32Cl4N4O8. The van der Waals surface area contributed by atoms with Gasteiger partial charge >= 0.3 is 0 Å². The van der Waals surface area contributed by atoms with Crippen molar-refractivity contribution in [2.24, 2.45) is 5.92 Å². The first-order chi connectivity index (χ1) is 25.8. The molecule has 7 rings (SSSR count). The first kappa shape index (κ1) is 39.4. The van der Waals surface area contributed by atoms with E-state index in [0.717, 1.165) is 12.1 Å². The van der Waals surface area contributed by atoms with E-state index < -0.39 is 64.3 Å². The fourth-order valence-corrected chi connectivity index (χ4v) is 7.26. The van der Waals surface area contributed by atoms with Gasteiger partial charge in [0.25, 0.3) is 0 Å². The molecule has 7 N–H and O–H groups in total. The molecule has 2 aliphatic rings. The highest BCUT2D eigenvalue weighted by Crippen LogP contribution is 2.38.